The third-order valence-corrected chi connectivity index (χ3v) is 6.22. The number of methoxy groups -OCH3 is 1. The molecule has 1 aromatic heterocycles. The smallest absolute Gasteiger partial charge is 0.245 e. The minimum atomic E-state index is -4.14. The predicted molar refractivity (Wildman–Crippen MR) is 108 cm³/mol. The number of nitrogens with zero attached hydrogens (tertiary/aromatic N) is 2. The SMILES string of the molecule is COc1c(C2CCC[C@H](Oc3ccnc(N(C)C)c3S(N)(=O)=O)C2)cc(F)c(F)c1F. The average Bonchev–Trinajstić information content (AvgIpc) is 2.71. The monoisotopic (exact) mass is 459 g/mol. The van der Waals surface area contributed by atoms with Gasteiger partial charge in [0.1, 0.15) is 5.75 Å². The van der Waals surface area contributed by atoms with Gasteiger partial charge in [0, 0.05) is 31.9 Å². The molecule has 0 spiro atoms. The number of hydrogen-bond donors (Lipinski definition) is 1. The summed E-state index contributed by atoms with van der Waals surface area (Å²) < 4.78 is 77.0. The number of pyridine rings is 1. The van der Waals surface area contributed by atoms with Crippen molar-refractivity contribution in [2.45, 2.75) is 42.6 Å². The summed E-state index contributed by atoms with van der Waals surface area (Å²) in [5.41, 5.74) is 0.211. The Balaban J connectivity index is 1.93. The lowest BCUT2D eigenvalue weighted by Gasteiger charge is -2.31. The minimum Gasteiger partial charge on any atom is -0.493 e. The number of primary sulfonamides is 1. The maximum atomic E-state index is 14.2. The highest BCUT2D eigenvalue weighted by atomic mass is 32.2. The molecule has 11 heteroatoms. The zero-order valence-electron chi connectivity index (χ0n) is 17.4. The molecule has 1 aliphatic rings. The number of sulfonamides is 1. The second kappa shape index (κ2) is 8.91. The summed E-state index contributed by atoms with van der Waals surface area (Å²) in [5, 5.41) is 5.40. The van der Waals surface area contributed by atoms with Crippen molar-refractivity contribution in [3.63, 3.8) is 0 Å². The van der Waals surface area contributed by atoms with Crippen molar-refractivity contribution >= 4 is 15.8 Å². The van der Waals surface area contributed by atoms with Crippen LogP contribution in [0.15, 0.2) is 23.2 Å². The standard InChI is InChI=1S/C20H24F3N3O4S/c1-26(2)20-19(31(24,27)28)15(7-8-25-20)30-12-6-4-5-11(9-12)13-10-14(21)16(22)17(23)18(13)29-3/h7-8,10-12H,4-6,9H2,1-3H3,(H2,24,27,28)/t11?,12-/m0/s1. The Morgan fingerprint density at radius 1 is 1.19 bits per heavy atom. The molecule has 1 fully saturated rings. The van der Waals surface area contributed by atoms with E-state index in [4.69, 9.17) is 14.6 Å². The van der Waals surface area contributed by atoms with Crippen molar-refractivity contribution in [3.8, 4) is 11.5 Å². The van der Waals surface area contributed by atoms with Crippen LogP contribution in [0.3, 0.4) is 0 Å². The Kier molecular flexibility index (Phi) is 6.65. The topological polar surface area (TPSA) is 94.8 Å². The molecule has 1 aromatic carbocycles. The summed E-state index contributed by atoms with van der Waals surface area (Å²) in [5.74, 6) is -4.78. The van der Waals surface area contributed by atoms with Gasteiger partial charge in [0.25, 0.3) is 0 Å². The van der Waals surface area contributed by atoms with Crippen LogP contribution in [0.25, 0.3) is 0 Å². The Morgan fingerprint density at radius 3 is 2.52 bits per heavy atom. The number of ether oxygens (including phenoxy) is 2. The predicted octanol–water partition coefficient (Wildman–Crippen LogP) is 3.33. The van der Waals surface area contributed by atoms with Crippen LogP contribution in [0.5, 0.6) is 11.5 Å². The van der Waals surface area contributed by atoms with E-state index in [9.17, 15) is 21.6 Å². The summed E-state index contributed by atoms with van der Waals surface area (Å²) in [6, 6.07) is 2.35. The van der Waals surface area contributed by atoms with E-state index in [1.54, 1.807) is 14.1 Å². The van der Waals surface area contributed by atoms with Crippen molar-refractivity contribution in [3.05, 3.63) is 41.3 Å². The quantitative estimate of drug-likeness (QED) is 0.666. The molecule has 0 saturated heterocycles. The summed E-state index contributed by atoms with van der Waals surface area (Å²) in [6.45, 7) is 0. The molecule has 0 bridgehead atoms. The molecule has 0 aliphatic heterocycles. The van der Waals surface area contributed by atoms with Crippen LogP contribution >= 0.6 is 0 Å². The highest BCUT2D eigenvalue weighted by molar-refractivity contribution is 7.89. The van der Waals surface area contributed by atoms with E-state index in [1.165, 1.54) is 24.3 Å². The largest absolute Gasteiger partial charge is 0.493 e. The van der Waals surface area contributed by atoms with Crippen LogP contribution < -0.4 is 19.5 Å². The summed E-state index contributed by atoms with van der Waals surface area (Å²) in [7, 11) is 0.299. The van der Waals surface area contributed by atoms with Gasteiger partial charge in [-0.1, -0.05) is 0 Å². The fourth-order valence-electron chi connectivity index (χ4n) is 3.92. The van der Waals surface area contributed by atoms with Crippen molar-refractivity contribution in [2.75, 3.05) is 26.1 Å². The first-order valence-corrected chi connectivity index (χ1v) is 11.2. The normalized spacial score (nSPS) is 19.2. The van der Waals surface area contributed by atoms with Gasteiger partial charge in [-0.25, -0.2) is 27.3 Å². The van der Waals surface area contributed by atoms with Gasteiger partial charge in [-0.15, -0.1) is 0 Å². The minimum absolute atomic E-state index is 0.0512. The molecular formula is C20H24F3N3O4S. The van der Waals surface area contributed by atoms with E-state index >= 15 is 0 Å². The second-order valence-electron chi connectivity index (χ2n) is 7.61. The Labute approximate surface area is 179 Å². The lowest BCUT2D eigenvalue weighted by atomic mass is 9.82. The third kappa shape index (κ3) is 4.72. The first kappa shape index (κ1) is 23.1. The molecule has 7 nitrogen and oxygen atoms in total. The molecule has 2 N–H and O–H groups in total. The number of aromatic nitrogens is 1. The van der Waals surface area contributed by atoms with Crippen molar-refractivity contribution in [2.24, 2.45) is 5.14 Å². The molecule has 170 valence electrons. The molecule has 1 unspecified atom stereocenters. The van der Waals surface area contributed by atoms with Gasteiger partial charge in [-0.3, -0.25) is 0 Å². The molecule has 0 radical (unpaired) electrons. The number of hydrogen-bond acceptors (Lipinski definition) is 6. The second-order valence-corrected chi connectivity index (χ2v) is 9.11. The summed E-state index contributed by atoms with van der Waals surface area (Å²) in [4.78, 5) is 5.33. The molecule has 1 aliphatic carbocycles. The third-order valence-electron chi connectivity index (χ3n) is 5.27. The van der Waals surface area contributed by atoms with Gasteiger partial charge in [0.15, 0.2) is 28.1 Å². The highest BCUT2D eigenvalue weighted by Crippen LogP contribution is 2.42. The lowest BCUT2D eigenvalue weighted by molar-refractivity contribution is 0.138. The van der Waals surface area contributed by atoms with Gasteiger partial charge in [0.05, 0.1) is 13.2 Å². The van der Waals surface area contributed by atoms with E-state index in [2.05, 4.69) is 4.98 Å². The van der Waals surface area contributed by atoms with Crippen molar-refractivity contribution in [1.82, 2.24) is 4.98 Å². The number of benzene rings is 1. The van der Waals surface area contributed by atoms with Gasteiger partial charge in [-0.05, 0) is 37.7 Å². The van der Waals surface area contributed by atoms with Crippen LogP contribution in [0.4, 0.5) is 19.0 Å². The van der Waals surface area contributed by atoms with Crippen LogP contribution in [0.2, 0.25) is 0 Å². The Hall–Kier alpha value is -2.53. The molecule has 0 amide bonds. The maximum Gasteiger partial charge on any atom is 0.245 e. The van der Waals surface area contributed by atoms with E-state index in [1.807, 2.05) is 0 Å². The van der Waals surface area contributed by atoms with Crippen LogP contribution in [-0.4, -0.2) is 40.7 Å². The number of rotatable bonds is 6. The number of halogens is 3. The fraction of sp³-hybridized carbons (Fsp3) is 0.450. The average molecular weight is 459 g/mol. The van der Waals surface area contributed by atoms with Gasteiger partial charge >= 0.3 is 0 Å². The molecule has 1 saturated carbocycles. The number of nitrogens with two attached hydrogens (primary N) is 1. The molecule has 1 heterocycles. The molecular weight excluding hydrogens is 435 g/mol. The zero-order valence-corrected chi connectivity index (χ0v) is 18.2. The van der Waals surface area contributed by atoms with Crippen molar-refractivity contribution < 1.29 is 31.1 Å². The Morgan fingerprint density at radius 2 is 1.90 bits per heavy atom. The Bertz CT molecular complexity index is 1080. The first-order chi connectivity index (χ1) is 14.5. The van der Waals surface area contributed by atoms with Gasteiger partial charge in [-0.2, -0.15) is 4.39 Å². The van der Waals surface area contributed by atoms with Gasteiger partial charge in [0.2, 0.25) is 15.8 Å². The van der Waals surface area contributed by atoms with E-state index in [0.29, 0.717) is 25.7 Å². The van der Waals surface area contributed by atoms with Gasteiger partial charge < -0.3 is 14.4 Å². The summed E-state index contributed by atoms with van der Waals surface area (Å²) in [6.07, 6.45) is 3.10. The highest BCUT2D eigenvalue weighted by Gasteiger charge is 2.32. The van der Waals surface area contributed by atoms with Crippen molar-refractivity contribution in [1.29, 1.82) is 0 Å². The molecule has 2 atom stereocenters. The van der Waals surface area contributed by atoms with Crippen LogP contribution in [0.1, 0.15) is 37.2 Å². The van der Waals surface area contributed by atoms with Crippen LogP contribution in [-0.2, 0) is 10.0 Å². The van der Waals surface area contributed by atoms with E-state index in [0.717, 1.165) is 6.07 Å². The fourth-order valence-corrected chi connectivity index (χ4v) is 4.81. The molecule has 31 heavy (non-hydrogen) atoms. The zero-order chi connectivity index (χ0) is 22.9. The summed E-state index contributed by atoms with van der Waals surface area (Å²) >= 11 is 0. The number of anilines is 1. The van der Waals surface area contributed by atoms with E-state index < -0.39 is 33.6 Å². The lowest BCUT2D eigenvalue weighted by Crippen LogP contribution is -2.27. The molecule has 2 aromatic rings. The first-order valence-electron chi connectivity index (χ1n) is 9.61. The molecule has 3 rings (SSSR count). The maximum absolute atomic E-state index is 14.2. The van der Waals surface area contributed by atoms with E-state index in [-0.39, 0.29) is 33.7 Å². The van der Waals surface area contributed by atoms with Crippen LogP contribution in [0, 0.1) is 17.5 Å².